The zero-order chi connectivity index (χ0) is 19.6. The van der Waals surface area contributed by atoms with Crippen molar-refractivity contribution in [1.29, 1.82) is 0 Å². The monoisotopic (exact) mass is 402 g/mol. The van der Waals surface area contributed by atoms with Crippen molar-refractivity contribution in [2.24, 2.45) is 0 Å². The summed E-state index contributed by atoms with van der Waals surface area (Å²) in [5.74, 6) is 0.577. The summed E-state index contributed by atoms with van der Waals surface area (Å²) in [7, 11) is -2.83. The summed E-state index contributed by atoms with van der Waals surface area (Å²) < 4.78 is 25.3. The lowest BCUT2D eigenvalue weighted by molar-refractivity contribution is 0.521. The topological polar surface area (TPSA) is 67.2 Å². The van der Waals surface area contributed by atoms with Gasteiger partial charge in [0.1, 0.15) is 0 Å². The first-order valence-electron chi connectivity index (χ1n) is 10.4. The van der Waals surface area contributed by atoms with E-state index in [1.54, 1.807) is 0 Å². The SMILES string of the molecule is CCCN1CCCc2cc(-c3cncn3CCNC3CCS(=O)(=O)C3)ccc21. The zero-order valence-corrected chi connectivity index (χ0v) is 17.4. The number of anilines is 1. The summed E-state index contributed by atoms with van der Waals surface area (Å²) in [4.78, 5) is 6.86. The van der Waals surface area contributed by atoms with Crippen LogP contribution in [0, 0.1) is 0 Å². The largest absolute Gasteiger partial charge is 0.371 e. The highest BCUT2D eigenvalue weighted by Gasteiger charge is 2.27. The van der Waals surface area contributed by atoms with Gasteiger partial charge in [-0.25, -0.2) is 13.4 Å². The molecule has 3 heterocycles. The second kappa shape index (κ2) is 8.25. The number of imidazole rings is 1. The van der Waals surface area contributed by atoms with E-state index in [0.717, 1.165) is 44.7 Å². The van der Waals surface area contributed by atoms with Gasteiger partial charge in [0, 0.05) is 43.5 Å². The number of fused-ring (bicyclic) bond motifs is 1. The van der Waals surface area contributed by atoms with Gasteiger partial charge in [-0.15, -0.1) is 0 Å². The maximum atomic E-state index is 11.6. The minimum atomic E-state index is -2.83. The Kier molecular flexibility index (Phi) is 5.73. The van der Waals surface area contributed by atoms with Crippen molar-refractivity contribution in [2.75, 3.05) is 36.0 Å². The first kappa shape index (κ1) is 19.5. The zero-order valence-electron chi connectivity index (χ0n) is 16.6. The molecule has 152 valence electrons. The number of nitrogens with one attached hydrogen (secondary N) is 1. The van der Waals surface area contributed by atoms with Crippen molar-refractivity contribution in [3.05, 3.63) is 36.3 Å². The van der Waals surface area contributed by atoms with Crippen LogP contribution in [0.1, 0.15) is 31.7 Å². The fraction of sp³-hybridized carbons (Fsp3) is 0.571. The van der Waals surface area contributed by atoms with Crippen LogP contribution in [0.25, 0.3) is 11.3 Å². The molecular weight excluding hydrogens is 372 g/mol. The average molecular weight is 403 g/mol. The van der Waals surface area contributed by atoms with Crippen molar-refractivity contribution in [1.82, 2.24) is 14.9 Å². The van der Waals surface area contributed by atoms with Crippen LogP contribution in [-0.4, -0.2) is 55.2 Å². The number of aromatic nitrogens is 2. The number of hydrogen-bond donors (Lipinski definition) is 1. The Morgan fingerprint density at radius 2 is 2.18 bits per heavy atom. The molecule has 1 N–H and O–H groups in total. The quantitative estimate of drug-likeness (QED) is 0.771. The van der Waals surface area contributed by atoms with Crippen LogP contribution in [0.2, 0.25) is 0 Å². The molecule has 1 unspecified atom stereocenters. The third kappa shape index (κ3) is 4.25. The van der Waals surface area contributed by atoms with Gasteiger partial charge in [0.25, 0.3) is 0 Å². The number of aryl methyl sites for hydroxylation is 1. The van der Waals surface area contributed by atoms with Gasteiger partial charge in [0.15, 0.2) is 9.84 Å². The predicted octanol–water partition coefficient (Wildman–Crippen LogP) is 2.49. The van der Waals surface area contributed by atoms with Crippen molar-refractivity contribution < 1.29 is 8.42 Å². The predicted molar refractivity (Wildman–Crippen MR) is 114 cm³/mol. The van der Waals surface area contributed by atoms with E-state index in [9.17, 15) is 8.42 Å². The summed E-state index contributed by atoms with van der Waals surface area (Å²) in [5.41, 5.74) is 5.14. The van der Waals surface area contributed by atoms with Crippen LogP contribution < -0.4 is 10.2 Å². The molecule has 2 aliphatic heterocycles. The minimum absolute atomic E-state index is 0.0882. The van der Waals surface area contributed by atoms with Crippen LogP contribution in [0.15, 0.2) is 30.7 Å². The number of rotatable bonds is 7. The minimum Gasteiger partial charge on any atom is -0.371 e. The highest BCUT2D eigenvalue weighted by Crippen LogP contribution is 2.31. The van der Waals surface area contributed by atoms with E-state index in [-0.39, 0.29) is 11.8 Å². The number of nitrogens with zero attached hydrogens (tertiary/aromatic N) is 3. The van der Waals surface area contributed by atoms with E-state index < -0.39 is 9.84 Å². The fourth-order valence-corrected chi connectivity index (χ4v) is 6.13. The lowest BCUT2D eigenvalue weighted by atomic mass is 9.98. The van der Waals surface area contributed by atoms with Crippen LogP contribution in [0.3, 0.4) is 0 Å². The van der Waals surface area contributed by atoms with Gasteiger partial charge in [0.05, 0.1) is 29.7 Å². The summed E-state index contributed by atoms with van der Waals surface area (Å²) in [6.45, 7) is 6.04. The molecule has 0 bridgehead atoms. The summed E-state index contributed by atoms with van der Waals surface area (Å²) >= 11 is 0. The first-order valence-corrected chi connectivity index (χ1v) is 12.2. The molecule has 2 aromatic rings. The number of sulfone groups is 1. The molecule has 1 aromatic heterocycles. The van der Waals surface area contributed by atoms with Gasteiger partial charge in [-0.2, -0.15) is 0 Å². The van der Waals surface area contributed by atoms with E-state index in [2.05, 4.69) is 44.9 Å². The molecular formula is C21H30N4O2S. The maximum Gasteiger partial charge on any atom is 0.151 e. The molecule has 6 nitrogen and oxygen atoms in total. The number of hydrogen-bond acceptors (Lipinski definition) is 5. The standard InChI is InChI=1S/C21H30N4O2S/c1-2-9-24-10-3-4-17-13-18(5-6-20(17)24)21-14-22-16-25(21)11-8-23-19-7-12-28(26,27)15-19/h5-6,13-14,16,19,23H,2-4,7-12,15H2,1H3. The molecule has 0 radical (unpaired) electrons. The Hall–Kier alpha value is -1.86. The third-order valence-corrected chi connectivity index (χ3v) is 7.58. The van der Waals surface area contributed by atoms with Crippen LogP contribution in [-0.2, 0) is 22.8 Å². The Morgan fingerprint density at radius 3 is 2.96 bits per heavy atom. The highest BCUT2D eigenvalue weighted by molar-refractivity contribution is 7.91. The van der Waals surface area contributed by atoms with Gasteiger partial charge < -0.3 is 14.8 Å². The van der Waals surface area contributed by atoms with Gasteiger partial charge in [-0.1, -0.05) is 13.0 Å². The molecule has 2 aliphatic rings. The molecule has 1 atom stereocenters. The molecule has 1 aromatic carbocycles. The molecule has 4 rings (SSSR count). The Morgan fingerprint density at radius 1 is 1.29 bits per heavy atom. The van der Waals surface area contributed by atoms with Gasteiger partial charge in [-0.05, 0) is 43.4 Å². The van der Waals surface area contributed by atoms with Gasteiger partial charge >= 0.3 is 0 Å². The molecule has 0 amide bonds. The van der Waals surface area contributed by atoms with Crippen molar-refractivity contribution in [3.63, 3.8) is 0 Å². The Bertz CT molecular complexity index is 922. The fourth-order valence-electron chi connectivity index (χ4n) is 4.42. The Balaban J connectivity index is 1.44. The lowest BCUT2D eigenvalue weighted by Crippen LogP contribution is -2.32. The molecule has 0 spiro atoms. The smallest absolute Gasteiger partial charge is 0.151 e. The summed E-state index contributed by atoms with van der Waals surface area (Å²) in [6.07, 6.45) is 8.03. The van der Waals surface area contributed by atoms with E-state index >= 15 is 0 Å². The average Bonchev–Trinajstić information content (AvgIpc) is 3.28. The van der Waals surface area contributed by atoms with Crippen molar-refractivity contribution >= 4 is 15.5 Å². The van der Waals surface area contributed by atoms with Crippen LogP contribution in [0.4, 0.5) is 5.69 Å². The van der Waals surface area contributed by atoms with Crippen LogP contribution in [0.5, 0.6) is 0 Å². The second-order valence-electron chi connectivity index (χ2n) is 7.96. The van der Waals surface area contributed by atoms with Gasteiger partial charge in [0.2, 0.25) is 0 Å². The molecule has 0 saturated carbocycles. The van der Waals surface area contributed by atoms with Crippen molar-refractivity contribution in [3.8, 4) is 11.3 Å². The third-order valence-electron chi connectivity index (χ3n) is 5.81. The van der Waals surface area contributed by atoms with E-state index in [1.165, 1.54) is 29.7 Å². The molecule has 7 heteroatoms. The molecule has 1 saturated heterocycles. The molecule has 0 aliphatic carbocycles. The highest BCUT2D eigenvalue weighted by atomic mass is 32.2. The van der Waals surface area contributed by atoms with Crippen LogP contribution >= 0.6 is 0 Å². The van der Waals surface area contributed by atoms with Crippen molar-refractivity contribution in [2.45, 2.75) is 45.2 Å². The van der Waals surface area contributed by atoms with E-state index in [4.69, 9.17) is 0 Å². The molecule has 1 fully saturated rings. The number of benzene rings is 1. The summed E-state index contributed by atoms with van der Waals surface area (Å²) in [5, 5.41) is 3.39. The second-order valence-corrected chi connectivity index (χ2v) is 10.2. The summed E-state index contributed by atoms with van der Waals surface area (Å²) in [6, 6.07) is 6.88. The Labute approximate surface area is 167 Å². The maximum absolute atomic E-state index is 11.6. The van der Waals surface area contributed by atoms with E-state index in [1.807, 2.05) is 12.5 Å². The first-order chi connectivity index (χ1) is 13.6. The molecule has 28 heavy (non-hydrogen) atoms. The van der Waals surface area contributed by atoms with E-state index in [0.29, 0.717) is 5.75 Å². The lowest BCUT2D eigenvalue weighted by Gasteiger charge is -2.31. The normalized spacial score (nSPS) is 21.0. The van der Waals surface area contributed by atoms with Gasteiger partial charge in [-0.3, -0.25) is 0 Å².